The summed E-state index contributed by atoms with van der Waals surface area (Å²) in [6.07, 6.45) is 69.7. The van der Waals surface area contributed by atoms with Crippen LogP contribution in [0.15, 0.2) is 85.1 Å². The minimum Gasteiger partial charge on any atom is -0.394 e. The van der Waals surface area contributed by atoms with E-state index in [9.17, 15) is 61.0 Å². The van der Waals surface area contributed by atoms with Crippen LogP contribution in [0.25, 0.3) is 0 Å². The van der Waals surface area contributed by atoms with Gasteiger partial charge in [-0.25, -0.2) is 0 Å². The van der Waals surface area contributed by atoms with Crippen molar-refractivity contribution in [2.75, 3.05) is 26.4 Å². The highest BCUT2D eigenvalue weighted by Crippen LogP contribution is 2.34. The largest absolute Gasteiger partial charge is 0.394 e. The van der Waals surface area contributed by atoms with Crippen LogP contribution < -0.4 is 5.32 Å². The summed E-state index contributed by atoms with van der Waals surface area (Å²) in [7, 11) is 0. The molecule has 1 amide bonds. The third kappa shape index (κ3) is 49.7. The fourth-order valence-corrected chi connectivity index (χ4v) is 15.1. The number of hydrogen-bond acceptors (Lipinski definition) is 18. The molecule has 0 aromatic heterocycles. The molecule has 3 rings (SSSR count). The van der Waals surface area contributed by atoms with Gasteiger partial charge in [0.1, 0.15) is 73.2 Å². The molecule has 111 heavy (non-hydrogen) atoms. The highest BCUT2D eigenvalue weighted by molar-refractivity contribution is 5.76. The molecule has 0 aromatic rings. The number of amides is 1. The lowest BCUT2D eigenvalue weighted by atomic mass is 9.96. The van der Waals surface area contributed by atoms with Gasteiger partial charge in [0.2, 0.25) is 5.91 Å². The fraction of sp³-hybridized carbons (Fsp3) is 0.837. The predicted molar refractivity (Wildman–Crippen MR) is 448 cm³/mol. The van der Waals surface area contributed by atoms with E-state index in [-0.39, 0.29) is 18.9 Å². The van der Waals surface area contributed by atoms with Crippen molar-refractivity contribution in [1.29, 1.82) is 0 Å². The van der Waals surface area contributed by atoms with Gasteiger partial charge in [-0.3, -0.25) is 4.79 Å². The van der Waals surface area contributed by atoms with Crippen molar-refractivity contribution in [1.82, 2.24) is 5.32 Å². The molecule has 3 aliphatic rings. The molecule has 0 spiro atoms. The number of aliphatic hydroxyl groups excluding tert-OH is 11. The molecule has 646 valence electrons. The normalized spacial score (nSPS) is 25.4. The van der Waals surface area contributed by atoms with Gasteiger partial charge in [-0.05, 0) is 70.6 Å². The van der Waals surface area contributed by atoms with Crippen molar-refractivity contribution in [3.63, 3.8) is 0 Å². The van der Waals surface area contributed by atoms with E-state index >= 15 is 0 Å². The Hall–Kier alpha value is -3.03. The van der Waals surface area contributed by atoms with Gasteiger partial charge in [-0.15, -0.1) is 0 Å². The molecule has 0 saturated carbocycles. The van der Waals surface area contributed by atoms with Crippen LogP contribution in [0.4, 0.5) is 0 Å². The summed E-state index contributed by atoms with van der Waals surface area (Å²) in [5.74, 6) is -0.242. The van der Waals surface area contributed by atoms with Crippen molar-refractivity contribution < 1.29 is 89.4 Å². The maximum absolute atomic E-state index is 13.6. The van der Waals surface area contributed by atoms with Crippen LogP contribution in [0.2, 0.25) is 0 Å². The maximum Gasteiger partial charge on any atom is 0.220 e. The van der Waals surface area contributed by atoms with Gasteiger partial charge < -0.3 is 89.9 Å². The van der Waals surface area contributed by atoms with Crippen LogP contribution in [-0.4, -0.2) is 193 Å². The molecule has 0 aliphatic carbocycles. The first kappa shape index (κ1) is 102. The molecule has 17 unspecified atom stereocenters. The Bertz CT molecular complexity index is 2330. The van der Waals surface area contributed by atoms with E-state index in [1.165, 1.54) is 231 Å². The van der Waals surface area contributed by atoms with Crippen molar-refractivity contribution in [2.45, 2.75) is 465 Å². The molecule has 3 saturated heterocycles. The van der Waals surface area contributed by atoms with E-state index in [0.29, 0.717) is 12.8 Å². The quantitative estimate of drug-likeness (QED) is 0.0199. The molecule has 3 aliphatic heterocycles. The predicted octanol–water partition coefficient (Wildman–Crippen LogP) is 17.3. The Morgan fingerprint density at radius 2 is 0.622 bits per heavy atom. The lowest BCUT2D eigenvalue weighted by Crippen LogP contribution is -2.66. The molecule has 0 bridgehead atoms. The Kier molecular flexibility index (Phi) is 65.4. The zero-order chi connectivity index (χ0) is 80.3. The summed E-state index contributed by atoms with van der Waals surface area (Å²) in [6.45, 7) is 1.74. The number of unbranched alkanes of at least 4 members (excludes halogenated alkanes) is 43. The van der Waals surface area contributed by atoms with Crippen molar-refractivity contribution >= 4 is 5.91 Å². The molecule has 3 fully saturated rings. The summed E-state index contributed by atoms with van der Waals surface area (Å²) in [6, 6.07) is -0.895. The average Bonchev–Trinajstić information content (AvgIpc) is 0.780. The number of nitrogens with one attached hydrogen (secondary N) is 1. The fourth-order valence-electron chi connectivity index (χ4n) is 15.1. The van der Waals surface area contributed by atoms with E-state index in [4.69, 9.17) is 28.4 Å². The number of ether oxygens (including phenoxy) is 6. The topological polar surface area (TPSA) is 307 Å². The van der Waals surface area contributed by atoms with Crippen LogP contribution in [0, 0.1) is 0 Å². The molecular weight excluding hydrogens is 1410 g/mol. The molecule has 19 heteroatoms. The second kappa shape index (κ2) is 71.1. The van der Waals surface area contributed by atoms with Crippen LogP contribution in [0.3, 0.4) is 0 Å². The molecular formula is C92H165NO18. The number of aliphatic hydroxyl groups is 11. The summed E-state index contributed by atoms with van der Waals surface area (Å²) in [5, 5.41) is 121. The minimum absolute atomic E-state index is 0.242. The highest BCUT2D eigenvalue weighted by atomic mass is 16.8. The van der Waals surface area contributed by atoms with Gasteiger partial charge in [0.05, 0.1) is 38.6 Å². The summed E-state index contributed by atoms with van der Waals surface area (Å²) in [4.78, 5) is 13.6. The summed E-state index contributed by atoms with van der Waals surface area (Å²) < 4.78 is 34.6. The molecule has 17 atom stereocenters. The molecule has 3 heterocycles. The summed E-state index contributed by atoms with van der Waals surface area (Å²) >= 11 is 0. The third-order valence-electron chi connectivity index (χ3n) is 22.2. The van der Waals surface area contributed by atoms with Crippen LogP contribution in [0.5, 0.6) is 0 Å². The standard InChI is InChI=1S/C92H165NO18/c1-3-5-7-9-11-13-15-17-19-21-23-25-27-29-31-33-35-36-37-38-40-42-44-46-48-50-52-54-56-58-60-62-64-66-68-70-80(98)93-75(76(97)69-67-65-63-61-59-57-55-53-51-49-47-45-43-41-39-34-32-30-28-26-24-22-20-18-16-14-12-10-8-6-4-2)74-106-90-86(104)83(101)88(78(72-95)108-90)111-92-87(105)84(102)89(79(73-96)109-92)110-91-85(103)82(100)81(99)77(71-94)107-91/h5,7,11,13,17,19,23,25,29,31,35-36,38,40,75-79,81-92,94-97,99-105H,3-4,6,8-10,12,14-16,18,20-22,24,26-28,30,32-34,37,39,41-74H2,1-2H3,(H,93,98)/b7-5-,13-11-,19-17-,25-23-,31-29-,36-35-,40-38-. The lowest BCUT2D eigenvalue weighted by Gasteiger charge is -2.48. The second-order valence-electron chi connectivity index (χ2n) is 32.0. The van der Waals surface area contributed by atoms with E-state index in [1.807, 2.05) is 0 Å². The second-order valence-corrected chi connectivity index (χ2v) is 32.0. The Morgan fingerprint density at radius 3 is 0.973 bits per heavy atom. The first-order valence-corrected chi connectivity index (χ1v) is 45.3. The van der Waals surface area contributed by atoms with Gasteiger partial charge >= 0.3 is 0 Å². The smallest absolute Gasteiger partial charge is 0.220 e. The van der Waals surface area contributed by atoms with E-state index in [2.05, 4.69) is 104 Å². The molecule has 0 aromatic carbocycles. The van der Waals surface area contributed by atoms with E-state index < -0.39 is 124 Å². The van der Waals surface area contributed by atoms with Gasteiger partial charge in [-0.1, -0.05) is 369 Å². The Labute approximate surface area is 673 Å². The van der Waals surface area contributed by atoms with E-state index in [0.717, 1.165) is 96.3 Å². The van der Waals surface area contributed by atoms with Crippen molar-refractivity contribution in [3.05, 3.63) is 85.1 Å². The number of carbonyl (C=O) groups excluding carboxylic acids is 1. The van der Waals surface area contributed by atoms with Gasteiger partial charge in [-0.2, -0.15) is 0 Å². The third-order valence-corrected chi connectivity index (χ3v) is 22.2. The number of hydrogen-bond donors (Lipinski definition) is 12. The zero-order valence-corrected chi connectivity index (χ0v) is 69.7. The lowest BCUT2D eigenvalue weighted by molar-refractivity contribution is -0.379. The Balaban J connectivity index is 1.32. The van der Waals surface area contributed by atoms with E-state index in [1.54, 1.807) is 0 Å². The van der Waals surface area contributed by atoms with Gasteiger partial charge in [0.25, 0.3) is 0 Å². The number of rotatable bonds is 73. The maximum atomic E-state index is 13.6. The van der Waals surface area contributed by atoms with Crippen molar-refractivity contribution in [2.24, 2.45) is 0 Å². The first-order valence-electron chi connectivity index (χ1n) is 45.3. The Morgan fingerprint density at radius 1 is 0.333 bits per heavy atom. The van der Waals surface area contributed by atoms with Gasteiger partial charge in [0.15, 0.2) is 18.9 Å². The van der Waals surface area contributed by atoms with Crippen LogP contribution in [0.1, 0.15) is 361 Å². The van der Waals surface area contributed by atoms with Crippen LogP contribution in [-0.2, 0) is 33.2 Å². The average molecular weight is 1570 g/mol. The molecule has 0 radical (unpaired) electrons. The van der Waals surface area contributed by atoms with Gasteiger partial charge in [0, 0.05) is 6.42 Å². The highest BCUT2D eigenvalue weighted by Gasteiger charge is 2.54. The monoisotopic (exact) mass is 1570 g/mol. The number of carbonyl (C=O) groups is 1. The number of allylic oxidation sites excluding steroid dienone is 14. The van der Waals surface area contributed by atoms with Crippen molar-refractivity contribution in [3.8, 4) is 0 Å². The molecule has 12 N–H and O–H groups in total. The SMILES string of the molecule is CC/C=C\C/C=C\C/C=C\C/C=C\C/C=C\C/C=C\C/C=C\CCCCCCCCCCCCCCCC(=O)NC(COC1OC(CO)C(OC2OC(CO)C(OC3OC(CO)C(O)C(O)C3O)C(O)C2O)C(O)C1O)C(O)CCCCCCCCCCCCCCCCCCCCCCCCCCCCCCCCC. The molecule has 19 nitrogen and oxygen atoms in total. The summed E-state index contributed by atoms with van der Waals surface area (Å²) in [5.41, 5.74) is 0. The zero-order valence-electron chi connectivity index (χ0n) is 69.7. The minimum atomic E-state index is -1.98. The first-order chi connectivity index (χ1) is 54.3. The van der Waals surface area contributed by atoms with Crippen LogP contribution >= 0.6 is 0 Å².